The van der Waals surface area contributed by atoms with Crippen molar-refractivity contribution < 1.29 is 50.5 Å². The number of pyridine rings is 2. The molecule has 2 aromatic carbocycles. The lowest BCUT2D eigenvalue weighted by atomic mass is 9.81. The van der Waals surface area contributed by atoms with Crippen LogP contribution in [0.25, 0.3) is 22.2 Å². The van der Waals surface area contributed by atoms with E-state index in [0.717, 1.165) is 30.3 Å². The van der Waals surface area contributed by atoms with Crippen LogP contribution in [-0.2, 0) is 15.8 Å². The lowest BCUT2D eigenvalue weighted by molar-refractivity contribution is -0.265. The predicted octanol–water partition coefficient (Wildman–Crippen LogP) is 5.31. The lowest BCUT2D eigenvalue weighted by Crippen LogP contribution is -2.51. The molecule has 9 nitrogen and oxygen atoms in total. The highest BCUT2D eigenvalue weighted by Gasteiger charge is 2.57. The summed E-state index contributed by atoms with van der Waals surface area (Å²) in [6.07, 6.45) is -4.13. The zero-order valence-corrected chi connectivity index (χ0v) is 24.6. The number of rotatable bonds is 8. The molecule has 16 heteroatoms. The Labute approximate surface area is 261 Å². The van der Waals surface area contributed by atoms with Gasteiger partial charge in [-0.05, 0) is 61.9 Å². The van der Waals surface area contributed by atoms with Gasteiger partial charge in [0, 0.05) is 28.3 Å². The number of nitrogens with zero attached hydrogens (tertiary/aromatic N) is 2. The van der Waals surface area contributed by atoms with E-state index >= 15 is 0 Å². The van der Waals surface area contributed by atoms with E-state index in [1.807, 2.05) is 5.32 Å². The van der Waals surface area contributed by atoms with Gasteiger partial charge in [0.05, 0.1) is 17.3 Å². The molecule has 46 heavy (non-hydrogen) atoms. The van der Waals surface area contributed by atoms with Crippen molar-refractivity contribution in [2.24, 2.45) is 5.73 Å². The number of ether oxygens (including phenoxy) is 2. The quantitative estimate of drug-likeness (QED) is 0.216. The summed E-state index contributed by atoms with van der Waals surface area (Å²) < 4.78 is 94.3. The fourth-order valence-electron chi connectivity index (χ4n) is 4.95. The molecule has 5 rings (SSSR count). The molecule has 2 amide bonds. The van der Waals surface area contributed by atoms with Crippen LogP contribution in [0.4, 0.5) is 26.3 Å². The normalized spacial score (nSPS) is 17.4. The predicted molar refractivity (Wildman–Crippen MR) is 152 cm³/mol. The van der Waals surface area contributed by atoms with Gasteiger partial charge in [-0.25, -0.2) is 9.37 Å². The Kier molecular flexibility index (Phi) is 8.28. The van der Waals surface area contributed by atoms with Gasteiger partial charge in [-0.2, -0.15) is 22.0 Å². The zero-order valence-electron chi connectivity index (χ0n) is 23.8. The molecule has 0 spiro atoms. The number of aryl methyl sites for hydroxylation is 1. The summed E-state index contributed by atoms with van der Waals surface area (Å²) >= 11 is 6.19. The van der Waals surface area contributed by atoms with Crippen LogP contribution in [0.15, 0.2) is 48.7 Å². The van der Waals surface area contributed by atoms with Crippen LogP contribution in [0, 0.1) is 12.7 Å². The molecule has 0 saturated heterocycles. The Morgan fingerprint density at radius 3 is 2.54 bits per heavy atom. The Hall–Kier alpha value is -4.63. The number of carbonyl (C=O) groups is 2. The molecule has 0 saturated carbocycles. The number of hydrogen-bond acceptors (Lipinski definition) is 7. The number of carbonyl (C=O) groups excluding carboxylic acids is 2. The Bertz CT molecular complexity index is 1890. The van der Waals surface area contributed by atoms with E-state index in [1.54, 1.807) is 6.92 Å². The molecular formula is C30H23ClF6N4O5. The number of fused-ring (bicyclic) bond motifs is 2. The van der Waals surface area contributed by atoms with Crippen LogP contribution in [0.1, 0.15) is 34.1 Å². The van der Waals surface area contributed by atoms with E-state index < -0.39 is 66.0 Å². The number of aromatic nitrogens is 2. The first-order valence-electron chi connectivity index (χ1n) is 13.3. The van der Waals surface area contributed by atoms with Crippen molar-refractivity contribution in [3.63, 3.8) is 0 Å². The van der Waals surface area contributed by atoms with Crippen LogP contribution in [0.2, 0.25) is 5.02 Å². The third kappa shape index (κ3) is 5.75. The van der Waals surface area contributed by atoms with Gasteiger partial charge < -0.3 is 25.6 Å². The van der Waals surface area contributed by atoms with Crippen LogP contribution in [-0.4, -0.2) is 52.8 Å². The maximum absolute atomic E-state index is 14.7. The average Bonchev–Trinajstić information content (AvgIpc) is 3.32. The van der Waals surface area contributed by atoms with E-state index in [-0.39, 0.29) is 44.1 Å². The van der Waals surface area contributed by atoms with Gasteiger partial charge in [0.15, 0.2) is 5.75 Å². The van der Waals surface area contributed by atoms with Crippen molar-refractivity contribution >= 4 is 34.3 Å². The molecule has 242 valence electrons. The number of nitrogens with one attached hydrogen (secondary N) is 1. The molecule has 2 aromatic heterocycles. The fraction of sp³-hybridized carbons (Fsp3) is 0.267. The lowest BCUT2D eigenvalue weighted by Gasteiger charge is -2.31. The van der Waals surface area contributed by atoms with Crippen LogP contribution >= 0.6 is 11.6 Å². The fourth-order valence-corrected chi connectivity index (χ4v) is 5.21. The monoisotopic (exact) mass is 668 g/mol. The first-order chi connectivity index (χ1) is 21.4. The molecule has 0 bridgehead atoms. The highest BCUT2D eigenvalue weighted by atomic mass is 35.5. The maximum atomic E-state index is 14.7. The average molecular weight is 669 g/mol. The summed E-state index contributed by atoms with van der Waals surface area (Å²) in [7, 11) is 0. The summed E-state index contributed by atoms with van der Waals surface area (Å²) in [5.74, 6) is -3.60. The van der Waals surface area contributed by atoms with Crippen LogP contribution < -0.4 is 20.5 Å². The Morgan fingerprint density at radius 2 is 1.91 bits per heavy atom. The number of amides is 2. The van der Waals surface area contributed by atoms with Gasteiger partial charge in [-0.3, -0.25) is 14.6 Å². The van der Waals surface area contributed by atoms with Crippen molar-refractivity contribution in [3.8, 4) is 22.8 Å². The highest BCUT2D eigenvalue weighted by molar-refractivity contribution is 6.33. The van der Waals surface area contributed by atoms with Gasteiger partial charge in [0.2, 0.25) is 11.5 Å². The van der Waals surface area contributed by atoms with Crippen molar-refractivity contribution in [2.75, 3.05) is 13.2 Å². The number of benzene rings is 2. The van der Waals surface area contributed by atoms with Gasteiger partial charge >= 0.3 is 12.8 Å². The first kappa shape index (κ1) is 32.8. The summed E-state index contributed by atoms with van der Waals surface area (Å²) in [6.45, 7) is -2.27. The van der Waals surface area contributed by atoms with E-state index in [2.05, 4.69) is 14.7 Å². The Morgan fingerprint density at radius 1 is 1.20 bits per heavy atom. The van der Waals surface area contributed by atoms with E-state index in [0.29, 0.717) is 5.56 Å². The molecule has 0 fully saturated rings. The molecule has 0 unspecified atom stereocenters. The molecule has 1 aliphatic heterocycles. The van der Waals surface area contributed by atoms with Crippen molar-refractivity contribution in [1.82, 2.24) is 15.3 Å². The summed E-state index contributed by atoms with van der Waals surface area (Å²) in [5, 5.41) is 13.1. The molecule has 3 heterocycles. The molecule has 4 N–H and O–H groups in total. The minimum Gasteiger partial charge on any atom is -0.489 e. The van der Waals surface area contributed by atoms with E-state index in [4.69, 9.17) is 22.1 Å². The molecule has 0 aliphatic carbocycles. The zero-order chi connectivity index (χ0) is 33.8. The van der Waals surface area contributed by atoms with Gasteiger partial charge in [0.25, 0.3) is 5.91 Å². The molecule has 1 aliphatic rings. The minimum absolute atomic E-state index is 0.0247. The molecule has 0 radical (unpaired) electrons. The Balaban J connectivity index is 1.60. The number of hydrogen-bond donors (Lipinski definition) is 3. The van der Waals surface area contributed by atoms with Crippen molar-refractivity contribution in [2.45, 2.75) is 37.7 Å². The highest BCUT2D eigenvalue weighted by Crippen LogP contribution is 2.48. The topological polar surface area (TPSA) is 137 Å². The smallest absolute Gasteiger partial charge is 0.424 e. The summed E-state index contributed by atoms with van der Waals surface area (Å²) in [4.78, 5) is 33.6. The number of nitrogens with two attached hydrogens (primary N) is 1. The number of alkyl halides is 5. The van der Waals surface area contributed by atoms with Crippen molar-refractivity contribution in [3.05, 3.63) is 81.9 Å². The third-order valence-corrected chi connectivity index (χ3v) is 7.88. The number of halogens is 7. The molecule has 4 aromatic rings. The maximum Gasteiger partial charge on any atom is 0.424 e. The SMILES string of the molecule is Cc1cnc2c(OC(F)F)cc(C(=O)NC[C@](O)(c3cc4c(c(-c5ccc(F)cc5Cl)n3)OC[C@]4(C)C(N)=O)C(F)(F)F)cc2c1. The van der Waals surface area contributed by atoms with E-state index in [1.165, 1.54) is 25.3 Å². The van der Waals surface area contributed by atoms with Gasteiger partial charge in [0.1, 0.15) is 34.8 Å². The van der Waals surface area contributed by atoms with Crippen molar-refractivity contribution in [1.29, 1.82) is 0 Å². The number of aliphatic hydroxyl groups is 1. The standard InChI is InChI=1S/C30H23ClF6N4O5/c1-13-5-14-6-15(7-20(46-27(33)34)22(14)39-10-13)25(42)40-11-29(44,30(35,36)37)21-9-18-24(45-12-28(18,2)26(38)43)23(41-21)17-4-3-16(32)8-19(17)31/h3-10,27,44H,11-12H2,1-2H3,(H2,38,43)(H,40,42)/t28-,29-/m0/s1. The first-order valence-corrected chi connectivity index (χ1v) is 13.7. The summed E-state index contributed by atoms with van der Waals surface area (Å²) in [6, 6.07) is 7.32. The number of primary amides is 1. The van der Waals surface area contributed by atoms with Crippen LogP contribution in [0.3, 0.4) is 0 Å². The second-order valence-electron chi connectivity index (χ2n) is 10.8. The van der Waals surface area contributed by atoms with Gasteiger partial charge in [-0.15, -0.1) is 0 Å². The molecule has 2 atom stereocenters. The second kappa shape index (κ2) is 11.6. The minimum atomic E-state index is -5.50. The molecular weight excluding hydrogens is 646 g/mol. The second-order valence-corrected chi connectivity index (χ2v) is 11.2. The van der Waals surface area contributed by atoms with Gasteiger partial charge in [-0.1, -0.05) is 11.6 Å². The largest absolute Gasteiger partial charge is 0.489 e. The van der Waals surface area contributed by atoms with E-state index in [9.17, 15) is 41.0 Å². The third-order valence-electron chi connectivity index (χ3n) is 7.56. The van der Waals surface area contributed by atoms with Crippen LogP contribution in [0.5, 0.6) is 11.5 Å². The summed E-state index contributed by atoms with van der Waals surface area (Å²) in [5.41, 5.74) is -1.52.